The molecule has 1 aromatic heterocycles. The number of carbonyl (C=O) groups excluding carboxylic acids is 1. The van der Waals surface area contributed by atoms with Gasteiger partial charge in [-0.1, -0.05) is 42.0 Å². The molecule has 3 rings (SSSR count). The Bertz CT molecular complexity index is 937. The van der Waals surface area contributed by atoms with E-state index in [4.69, 9.17) is 4.74 Å². The average Bonchev–Trinajstić information content (AvgIpc) is 2.68. The van der Waals surface area contributed by atoms with Crippen molar-refractivity contribution in [2.45, 2.75) is 33.4 Å². The van der Waals surface area contributed by atoms with E-state index in [1.807, 2.05) is 69.3 Å². The Morgan fingerprint density at radius 1 is 1.07 bits per heavy atom. The van der Waals surface area contributed by atoms with Crippen molar-refractivity contribution in [2.75, 3.05) is 5.32 Å². The van der Waals surface area contributed by atoms with Gasteiger partial charge in [-0.15, -0.1) is 0 Å². The van der Waals surface area contributed by atoms with E-state index < -0.39 is 0 Å². The highest BCUT2D eigenvalue weighted by molar-refractivity contribution is 5.92. The molecular weight excluding hydrogens is 350 g/mol. The second kappa shape index (κ2) is 9.04. The summed E-state index contributed by atoms with van der Waals surface area (Å²) in [4.78, 5) is 16.6. The van der Waals surface area contributed by atoms with Crippen LogP contribution in [-0.4, -0.2) is 17.0 Å². The fourth-order valence-electron chi connectivity index (χ4n) is 2.78. The van der Waals surface area contributed by atoms with Crippen LogP contribution in [-0.2, 0) is 6.54 Å². The quantitative estimate of drug-likeness (QED) is 0.620. The first-order chi connectivity index (χ1) is 13.5. The maximum Gasteiger partial charge on any atom is 0.270 e. The number of benzene rings is 2. The van der Waals surface area contributed by atoms with Crippen LogP contribution in [0.5, 0.6) is 5.75 Å². The summed E-state index contributed by atoms with van der Waals surface area (Å²) in [6.45, 7) is 6.48. The first-order valence-electron chi connectivity index (χ1n) is 9.34. The van der Waals surface area contributed by atoms with Crippen molar-refractivity contribution in [3.05, 3.63) is 83.7 Å². The van der Waals surface area contributed by atoms with Gasteiger partial charge in [-0.2, -0.15) is 0 Å². The van der Waals surface area contributed by atoms with Crippen molar-refractivity contribution in [3.8, 4) is 5.75 Å². The Hall–Kier alpha value is -3.34. The third-order valence-corrected chi connectivity index (χ3v) is 4.06. The minimum absolute atomic E-state index is 0.0838. The topological polar surface area (TPSA) is 63.2 Å². The van der Waals surface area contributed by atoms with E-state index in [1.165, 1.54) is 5.56 Å². The van der Waals surface area contributed by atoms with E-state index in [9.17, 15) is 4.79 Å². The molecular formula is C23H25N3O2. The van der Waals surface area contributed by atoms with Crippen LogP contribution in [0.25, 0.3) is 0 Å². The number of nitrogens with zero attached hydrogens (tertiary/aromatic N) is 1. The number of carbonyl (C=O) groups is 1. The lowest BCUT2D eigenvalue weighted by Gasteiger charge is -2.15. The van der Waals surface area contributed by atoms with Gasteiger partial charge in [-0.25, -0.2) is 4.98 Å². The maximum atomic E-state index is 12.3. The third kappa shape index (κ3) is 5.33. The zero-order valence-corrected chi connectivity index (χ0v) is 16.4. The second-order valence-corrected chi connectivity index (χ2v) is 6.89. The minimum atomic E-state index is -0.198. The summed E-state index contributed by atoms with van der Waals surface area (Å²) >= 11 is 0. The molecule has 144 valence electrons. The normalized spacial score (nSPS) is 10.6. The van der Waals surface area contributed by atoms with E-state index in [0.717, 1.165) is 22.7 Å². The number of anilines is 2. The van der Waals surface area contributed by atoms with Crippen molar-refractivity contribution in [1.29, 1.82) is 0 Å². The number of hydrogen-bond donors (Lipinski definition) is 2. The average molecular weight is 375 g/mol. The molecule has 2 aromatic carbocycles. The number of ether oxygens (including phenoxy) is 1. The van der Waals surface area contributed by atoms with Gasteiger partial charge in [-0.3, -0.25) is 4.79 Å². The summed E-state index contributed by atoms with van der Waals surface area (Å²) in [6, 6.07) is 19.3. The molecule has 0 saturated heterocycles. The van der Waals surface area contributed by atoms with E-state index >= 15 is 0 Å². The molecule has 0 saturated carbocycles. The molecule has 1 heterocycles. The highest BCUT2D eigenvalue weighted by Crippen LogP contribution is 2.28. The van der Waals surface area contributed by atoms with Gasteiger partial charge in [0, 0.05) is 6.54 Å². The SMILES string of the molecule is Cc1cccc(CNC(=O)c2ccc(Nc3ccccc3OC(C)C)cn2)c1. The molecule has 5 nitrogen and oxygen atoms in total. The molecule has 2 N–H and O–H groups in total. The predicted molar refractivity (Wildman–Crippen MR) is 112 cm³/mol. The molecule has 0 radical (unpaired) electrons. The van der Waals surface area contributed by atoms with Crippen LogP contribution in [0.2, 0.25) is 0 Å². The Labute approximate surface area is 165 Å². The minimum Gasteiger partial charge on any atom is -0.489 e. The van der Waals surface area contributed by atoms with Crippen LogP contribution in [0, 0.1) is 6.92 Å². The van der Waals surface area contributed by atoms with Crippen molar-refractivity contribution >= 4 is 17.3 Å². The molecule has 1 amide bonds. The van der Waals surface area contributed by atoms with Crippen LogP contribution in [0.3, 0.4) is 0 Å². The summed E-state index contributed by atoms with van der Waals surface area (Å²) in [5.41, 5.74) is 4.25. The van der Waals surface area contributed by atoms with Gasteiger partial charge in [0.2, 0.25) is 0 Å². The fraction of sp³-hybridized carbons (Fsp3) is 0.217. The summed E-state index contributed by atoms with van der Waals surface area (Å²) in [5, 5.41) is 6.19. The molecule has 0 atom stereocenters. The number of rotatable bonds is 7. The summed E-state index contributed by atoms with van der Waals surface area (Å²) in [7, 11) is 0. The zero-order valence-electron chi connectivity index (χ0n) is 16.4. The van der Waals surface area contributed by atoms with E-state index in [2.05, 4.69) is 21.7 Å². The largest absolute Gasteiger partial charge is 0.489 e. The monoisotopic (exact) mass is 375 g/mol. The number of para-hydroxylation sites is 2. The molecule has 0 fully saturated rings. The fourth-order valence-corrected chi connectivity index (χ4v) is 2.78. The predicted octanol–water partition coefficient (Wildman–Crippen LogP) is 4.85. The molecule has 0 aliphatic heterocycles. The lowest BCUT2D eigenvalue weighted by molar-refractivity contribution is 0.0946. The molecule has 0 aliphatic carbocycles. The van der Waals surface area contributed by atoms with Gasteiger partial charge < -0.3 is 15.4 Å². The molecule has 0 spiro atoms. The van der Waals surface area contributed by atoms with Crippen molar-refractivity contribution < 1.29 is 9.53 Å². The maximum absolute atomic E-state index is 12.3. The van der Waals surface area contributed by atoms with Crippen LogP contribution >= 0.6 is 0 Å². The third-order valence-electron chi connectivity index (χ3n) is 4.06. The Morgan fingerprint density at radius 3 is 2.61 bits per heavy atom. The number of amides is 1. The first kappa shape index (κ1) is 19.4. The second-order valence-electron chi connectivity index (χ2n) is 6.89. The molecule has 3 aromatic rings. The molecule has 28 heavy (non-hydrogen) atoms. The smallest absolute Gasteiger partial charge is 0.270 e. The van der Waals surface area contributed by atoms with Crippen LogP contribution in [0.1, 0.15) is 35.5 Å². The standard InChI is InChI=1S/C23H25N3O2/c1-16(2)28-22-10-5-4-9-20(22)26-19-11-12-21(24-15-19)23(27)25-14-18-8-6-7-17(3)13-18/h4-13,15-16,26H,14H2,1-3H3,(H,25,27). The van der Waals surface area contributed by atoms with Gasteiger partial charge >= 0.3 is 0 Å². The molecule has 0 aliphatic rings. The number of aryl methyl sites for hydroxylation is 1. The highest BCUT2D eigenvalue weighted by atomic mass is 16.5. The van der Waals surface area contributed by atoms with Crippen molar-refractivity contribution in [1.82, 2.24) is 10.3 Å². The van der Waals surface area contributed by atoms with Gasteiger partial charge in [0.25, 0.3) is 5.91 Å². The van der Waals surface area contributed by atoms with E-state index in [0.29, 0.717) is 12.2 Å². The van der Waals surface area contributed by atoms with Crippen LogP contribution in [0.4, 0.5) is 11.4 Å². The Balaban J connectivity index is 1.63. The lowest BCUT2D eigenvalue weighted by atomic mass is 10.1. The van der Waals surface area contributed by atoms with E-state index in [1.54, 1.807) is 12.3 Å². The summed E-state index contributed by atoms with van der Waals surface area (Å²) in [5.74, 6) is 0.578. The zero-order chi connectivity index (χ0) is 19.9. The summed E-state index contributed by atoms with van der Waals surface area (Å²) in [6.07, 6.45) is 1.73. The van der Waals surface area contributed by atoms with Crippen LogP contribution < -0.4 is 15.4 Å². The molecule has 5 heteroatoms. The Kier molecular flexibility index (Phi) is 6.27. The first-order valence-corrected chi connectivity index (χ1v) is 9.34. The molecule has 0 unspecified atom stereocenters. The highest BCUT2D eigenvalue weighted by Gasteiger charge is 2.09. The number of hydrogen-bond acceptors (Lipinski definition) is 4. The van der Waals surface area contributed by atoms with Gasteiger partial charge in [0.05, 0.1) is 23.7 Å². The van der Waals surface area contributed by atoms with Crippen molar-refractivity contribution in [3.63, 3.8) is 0 Å². The van der Waals surface area contributed by atoms with Crippen molar-refractivity contribution in [2.24, 2.45) is 0 Å². The van der Waals surface area contributed by atoms with Crippen LogP contribution in [0.15, 0.2) is 66.9 Å². The molecule has 0 bridgehead atoms. The van der Waals surface area contributed by atoms with Gasteiger partial charge in [0.1, 0.15) is 11.4 Å². The number of pyridine rings is 1. The number of aromatic nitrogens is 1. The van der Waals surface area contributed by atoms with Gasteiger partial charge in [-0.05, 0) is 50.6 Å². The van der Waals surface area contributed by atoms with Gasteiger partial charge in [0.15, 0.2) is 0 Å². The Morgan fingerprint density at radius 2 is 1.89 bits per heavy atom. The number of nitrogens with one attached hydrogen (secondary N) is 2. The lowest BCUT2D eigenvalue weighted by Crippen LogP contribution is -2.23. The van der Waals surface area contributed by atoms with E-state index in [-0.39, 0.29) is 12.0 Å². The summed E-state index contributed by atoms with van der Waals surface area (Å²) < 4.78 is 5.81.